The molecule has 192 valence electrons. The Bertz CT molecular complexity index is 1770. The van der Waals surface area contributed by atoms with Gasteiger partial charge in [0.15, 0.2) is 0 Å². The average molecular weight is 506 g/mol. The number of likely N-dealkylation sites (tertiary alicyclic amines) is 1. The number of H-pyrrole nitrogens is 1. The Labute approximate surface area is 221 Å². The van der Waals surface area contributed by atoms with Gasteiger partial charge in [-0.1, -0.05) is 12.6 Å². The number of imidazole rings is 1. The van der Waals surface area contributed by atoms with Crippen LogP contribution in [0, 0.1) is 19.3 Å². The molecular weight excluding hydrogens is 474 g/mol. The molecule has 1 saturated heterocycles. The summed E-state index contributed by atoms with van der Waals surface area (Å²) in [5.74, 6) is 1.50. The summed E-state index contributed by atoms with van der Waals surface area (Å²) >= 11 is 0. The van der Waals surface area contributed by atoms with E-state index in [1.807, 2.05) is 29.0 Å². The van der Waals surface area contributed by atoms with Crippen LogP contribution in [0.3, 0.4) is 0 Å². The maximum Gasteiger partial charge on any atom is 0.245 e. The summed E-state index contributed by atoms with van der Waals surface area (Å²) in [6.45, 7) is 9.62. The van der Waals surface area contributed by atoms with Crippen molar-refractivity contribution in [2.24, 2.45) is 19.5 Å². The van der Waals surface area contributed by atoms with Gasteiger partial charge in [-0.15, -0.1) is 0 Å². The highest BCUT2D eigenvalue weighted by Crippen LogP contribution is 2.56. The molecule has 1 aliphatic heterocycles. The summed E-state index contributed by atoms with van der Waals surface area (Å²) in [5.41, 5.74) is 9.18. The standard InChI is InChI=1S/C30H31N7O/c1-6-25(38)37-15-30(16-37)11-21(12-30)29-33-27(19-7-8-24-20(10-19)13-32-36(24)5)28(35(29)4)26-18(3)17(2)9-23-22(26)14-31-34-23/h6-10,13-14,21H,1,11-12,15-16H2,2-5H3,(H,31,34). The first kappa shape index (κ1) is 23.0. The molecule has 0 radical (unpaired) electrons. The molecule has 2 aromatic carbocycles. The monoisotopic (exact) mass is 505 g/mol. The van der Waals surface area contributed by atoms with Crippen molar-refractivity contribution in [2.75, 3.05) is 13.1 Å². The largest absolute Gasteiger partial charge is 0.338 e. The molecule has 8 heteroatoms. The molecule has 7 rings (SSSR count). The van der Waals surface area contributed by atoms with Crippen LogP contribution in [0.1, 0.15) is 35.7 Å². The first-order valence-corrected chi connectivity index (χ1v) is 13.1. The van der Waals surface area contributed by atoms with Gasteiger partial charge in [0.05, 0.1) is 34.8 Å². The lowest BCUT2D eigenvalue weighted by Crippen LogP contribution is -2.63. The summed E-state index contributed by atoms with van der Waals surface area (Å²) in [7, 11) is 4.12. The molecule has 1 aliphatic carbocycles. The van der Waals surface area contributed by atoms with E-state index in [2.05, 4.69) is 71.6 Å². The summed E-state index contributed by atoms with van der Waals surface area (Å²) in [5, 5.41) is 14.2. The number of aromatic amines is 1. The summed E-state index contributed by atoms with van der Waals surface area (Å²) in [4.78, 5) is 19.3. The minimum absolute atomic E-state index is 0.0329. The van der Waals surface area contributed by atoms with E-state index in [1.165, 1.54) is 22.8 Å². The van der Waals surface area contributed by atoms with Crippen molar-refractivity contribution >= 4 is 27.7 Å². The SMILES string of the molecule is C=CC(=O)N1CC2(CC(c3nc(-c4ccc5c(cnn5C)c4)c(-c4c(C)c(C)cc5[nH]ncc45)n3C)C2)C1. The zero-order valence-electron chi connectivity index (χ0n) is 22.2. The molecule has 1 saturated carbocycles. The molecule has 8 nitrogen and oxygen atoms in total. The van der Waals surface area contributed by atoms with E-state index >= 15 is 0 Å². The molecule has 0 bridgehead atoms. The molecule has 2 aliphatic rings. The summed E-state index contributed by atoms with van der Waals surface area (Å²) in [6.07, 6.45) is 7.35. The number of nitrogens with zero attached hydrogens (tertiary/aromatic N) is 6. The Morgan fingerprint density at radius 3 is 2.71 bits per heavy atom. The second-order valence-electron chi connectivity index (χ2n) is 11.3. The number of amides is 1. The number of rotatable bonds is 4. The van der Waals surface area contributed by atoms with Crippen LogP contribution in [0.2, 0.25) is 0 Å². The number of benzene rings is 2. The highest BCUT2D eigenvalue weighted by Gasteiger charge is 2.54. The van der Waals surface area contributed by atoms with Gasteiger partial charge in [-0.05, 0) is 62.1 Å². The Kier molecular flexibility index (Phi) is 4.77. The molecule has 4 heterocycles. The second-order valence-corrected chi connectivity index (χ2v) is 11.3. The van der Waals surface area contributed by atoms with E-state index in [-0.39, 0.29) is 11.3 Å². The third kappa shape index (κ3) is 3.15. The van der Waals surface area contributed by atoms with Crippen LogP contribution in [0.15, 0.2) is 49.3 Å². The minimum Gasteiger partial charge on any atom is -0.338 e. The third-order valence-electron chi connectivity index (χ3n) is 8.91. The smallest absolute Gasteiger partial charge is 0.245 e. The quantitative estimate of drug-likeness (QED) is 0.348. The second kappa shape index (κ2) is 7.90. The van der Waals surface area contributed by atoms with E-state index in [0.29, 0.717) is 5.92 Å². The Morgan fingerprint density at radius 1 is 1.16 bits per heavy atom. The lowest BCUT2D eigenvalue weighted by molar-refractivity contribution is -0.146. The Morgan fingerprint density at radius 2 is 1.95 bits per heavy atom. The van der Waals surface area contributed by atoms with E-state index < -0.39 is 0 Å². The number of aryl methyl sites for hydroxylation is 2. The predicted octanol–water partition coefficient (Wildman–Crippen LogP) is 5.03. The van der Waals surface area contributed by atoms with Gasteiger partial charge >= 0.3 is 0 Å². The number of fused-ring (bicyclic) bond motifs is 2. The van der Waals surface area contributed by atoms with Gasteiger partial charge in [-0.25, -0.2) is 4.98 Å². The van der Waals surface area contributed by atoms with Crippen LogP contribution in [0.4, 0.5) is 0 Å². The van der Waals surface area contributed by atoms with Gasteiger partial charge in [-0.3, -0.25) is 14.6 Å². The van der Waals surface area contributed by atoms with Crippen molar-refractivity contribution in [3.05, 3.63) is 66.3 Å². The highest BCUT2D eigenvalue weighted by atomic mass is 16.2. The van der Waals surface area contributed by atoms with Crippen molar-refractivity contribution in [1.82, 2.24) is 34.4 Å². The number of carbonyl (C=O) groups is 1. The maximum atomic E-state index is 12.0. The zero-order valence-corrected chi connectivity index (χ0v) is 22.2. The molecule has 38 heavy (non-hydrogen) atoms. The van der Waals surface area contributed by atoms with E-state index in [9.17, 15) is 4.79 Å². The number of hydrogen-bond acceptors (Lipinski definition) is 4. The fraction of sp³-hybridized carbons (Fsp3) is 0.333. The van der Waals surface area contributed by atoms with Gasteiger partial charge in [0.1, 0.15) is 5.82 Å². The van der Waals surface area contributed by atoms with E-state index in [4.69, 9.17) is 4.98 Å². The van der Waals surface area contributed by atoms with Gasteiger partial charge in [0.2, 0.25) is 5.91 Å². The minimum atomic E-state index is 0.0329. The van der Waals surface area contributed by atoms with Crippen LogP contribution in [-0.2, 0) is 18.9 Å². The lowest BCUT2D eigenvalue weighted by Gasteiger charge is -2.58. The van der Waals surface area contributed by atoms with Crippen molar-refractivity contribution in [3.63, 3.8) is 0 Å². The average Bonchev–Trinajstić information content (AvgIpc) is 3.56. The fourth-order valence-electron chi connectivity index (χ4n) is 6.79. The molecule has 1 spiro atoms. The molecule has 0 unspecified atom stereocenters. The highest BCUT2D eigenvalue weighted by molar-refractivity contribution is 6.00. The van der Waals surface area contributed by atoms with Crippen LogP contribution >= 0.6 is 0 Å². The number of nitrogens with one attached hydrogen (secondary N) is 1. The zero-order chi connectivity index (χ0) is 26.3. The summed E-state index contributed by atoms with van der Waals surface area (Å²) in [6, 6.07) is 8.65. The van der Waals surface area contributed by atoms with Gasteiger partial charge in [-0.2, -0.15) is 10.2 Å². The third-order valence-corrected chi connectivity index (χ3v) is 8.91. The lowest BCUT2D eigenvalue weighted by atomic mass is 9.57. The molecule has 3 aromatic heterocycles. The first-order chi connectivity index (χ1) is 18.3. The van der Waals surface area contributed by atoms with Gasteiger partial charge in [0, 0.05) is 60.4 Å². The topological polar surface area (TPSA) is 84.6 Å². The van der Waals surface area contributed by atoms with Crippen molar-refractivity contribution in [1.29, 1.82) is 0 Å². The van der Waals surface area contributed by atoms with E-state index in [0.717, 1.165) is 70.5 Å². The van der Waals surface area contributed by atoms with Crippen molar-refractivity contribution in [2.45, 2.75) is 32.6 Å². The summed E-state index contributed by atoms with van der Waals surface area (Å²) < 4.78 is 4.20. The molecule has 2 fully saturated rings. The fourth-order valence-corrected chi connectivity index (χ4v) is 6.79. The molecular formula is C30H31N7O. The Balaban J connectivity index is 1.36. The normalized spacial score (nSPS) is 16.8. The van der Waals surface area contributed by atoms with Crippen molar-refractivity contribution < 1.29 is 4.79 Å². The molecule has 1 amide bonds. The molecule has 0 atom stereocenters. The van der Waals surface area contributed by atoms with Crippen LogP contribution < -0.4 is 0 Å². The van der Waals surface area contributed by atoms with Gasteiger partial charge < -0.3 is 9.47 Å². The maximum absolute atomic E-state index is 12.0. The number of carbonyl (C=O) groups excluding carboxylic acids is 1. The Hall–Kier alpha value is -4.20. The predicted molar refractivity (Wildman–Crippen MR) is 149 cm³/mol. The first-order valence-electron chi connectivity index (χ1n) is 13.1. The number of aromatic nitrogens is 6. The van der Waals surface area contributed by atoms with Crippen LogP contribution in [0.25, 0.3) is 44.3 Å². The number of hydrogen-bond donors (Lipinski definition) is 1. The van der Waals surface area contributed by atoms with E-state index in [1.54, 1.807) is 0 Å². The van der Waals surface area contributed by atoms with Gasteiger partial charge in [0.25, 0.3) is 0 Å². The van der Waals surface area contributed by atoms with Crippen molar-refractivity contribution in [3.8, 4) is 22.5 Å². The van der Waals surface area contributed by atoms with Crippen LogP contribution in [0.5, 0.6) is 0 Å². The molecule has 1 N–H and O–H groups in total. The van der Waals surface area contributed by atoms with Crippen LogP contribution in [-0.4, -0.2) is 53.4 Å². The molecule has 5 aromatic rings.